The van der Waals surface area contributed by atoms with Crippen molar-refractivity contribution >= 4 is 17.8 Å². The van der Waals surface area contributed by atoms with Gasteiger partial charge in [-0.1, -0.05) is 26.0 Å². The van der Waals surface area contributed by atoms with Crippen LogP contribution in [0.4, 0.5) is 0 Å². The molecule has 0 aliphatic rings. The van der Waals surface area contributed by atoms with Crippen LogP contribution in [0, 0.1) is 5.92 Å². The Hall–Kier alpha value is -2.37. The number of carbonyl (C=O) groups is 3. The topological polar surface area (TPSA) is 92.7 Å². The molecule has 1 rings (SSSR count). The highest BCUT2D eigenvalue weighted by Crippen LogP contribution is 2.11. The third-order valence-electron chi connectivity index (χ3n) is 2.90. The first-order chi connectivity index (χ1) is 9.86. The first-order valence-corrected chi connectivity index (χ1v) is 6.57. The minimum Gasteiger partial charge on any atom is -0.478 e. The minimum atomic E-state index is -1.20. The van der Waals surface area contributed by atoms with E-state index in [1.165, 1.54) is 25.3 Å². The number of rotatable bonds is 6. The van der Waals surface area contributed by atoms with E-state index >= 15 is 0 Å². The number of nitrogens with one attached hydrogen (secondary N) is 1. The quantitative estimate of drug-likeness (QED) is 0.779. The van der Waals surface area contributed by atoms with E-state index < -0.39 is 23.9 Å². The van der Waals surface area contributed by atoms with Crippen molar-refractivity contribution in [2.45, 2.75) is 26.3 Å². The van der Waals surface area contributed by atoms with Gasteiger partial charge in [0, 0.05) is 0 Å². The van der Waals surface area contributed by atoms with Crippen molar-refractivity contribution in [2.24, 2.45) is 5.92 Å². The van der Waals surface area contributed by atoms with E-state index in [1.54, 1.807) is 6.07 Å². The number of aromatic carboxylic acids is 1. The fraction of sp³-hybridized carbons (Fsp3) is 0.400. The van der Waals surface area contributed by atoms with E-state index in [0.717, 1.165) is 0 Å². The summed E-state index contributed by atoms with van der Waals surface area (Å²) >= 11 is 0. The summed E-state index contributed by atoms with van der Waals surface area (Å²) in [4.78, 5) is 35.0. The molecule has 0 aliphatic carbocycles. The molecule has 0 aliphatic heterocycles. The van der Waals surface area contributed by atoms with Gasteiger partial charge in [0.1, 0.15) is 6.04 Å². The van der Waals surface area contributed by atoms with Gasteiger partial charge in [-0.05, 0) is 24.5 Å². The molecule has 0 saturated heterocycles. The number of hydrogen-bond donors (Lipinski definition) is 2. The van der Waals surface area contributed by atoms with Crippen molar-refractivity contribution in [3.63, 3.8) is 0 Å². The standard InChI is InChI=1S/C15H19NO5/c1-9(2)8-12(15(20)21-3)16-13(17)10-6-4-5-7-11(10)14(18)19/h4-7,9,12H,8H2,1-3H3,(H,16,17)(H,18,19)/t12-/m0/s1. The van der Waals surface area contributed by atoms with Gasteiger partial charge >= 0.3 is 11.9 Å². The third-order valence-corrected chi connectivity index (χ3v) is 2.90. The second-order valence-electron chi connectivity index (χ2n) is 5.03. The van der Waals surface area contributed by atoms with E-state index in [1.807, 2.05) is 13.8 Å². The normalized spacial score (nSPS) is 11.8. The molecule has 0 bridgehead atoms. The molecule has 1 aromatic rings. The van der Waals surface area contributed by atoms with Crippen LogP contribution in [0.15, 0.2) is 24.3 Å². The summed E-state index contributed by atoms with van der Waals surface area (Å²) in [6.45, 7) is 3.82. The van der Waals surface area contributed by atoms with Crippen molar-refractivity contribution < 1.29 is 24.2 Å². The Bertz CT molecular complexity index is 539. The number of amides is 1. The summed E-state index contributed by atoms with van der Waals surface area (Å²) < 4.78 is 4.66. The molecule has 114 valence electrons. The Kier molecular flexibility index (Phi) is 5.90. The number of hydrogen-bond acceptors (Lipinski definition) is 4. The molecule has 0 saturated carbocycles. The van der Waals surface area contributed by atoms with E-state index in [4.69, 9.17) is 5.11 Å². The molecule has 2 N–H and O–H groups in total. The largest absolute Gasteiger partial charge is 0.478 e. The van der Waals surface area contributed by atoms with Crippen LogP contribution in [0.2, 0.25) is 0 Å². The van der Waals surface area contributed by atoms with E-state index in [-0.39, 0.29) is 17.0 Å². The average Bonchev–Trinajstić information content (AvgIpc) is 2.45. The molecule has 0 unspecified atom stereocenters. The summed E-state index contributed by atoms with van der Waals surface area (Å²) in [5, 5.41) is 11.6. The summed E-state index contributed by atoms with van der Waals surface area (Å²) in [6.07, 6.45) is 0.410. The van der Waals surface area contributed by atoms with E-state index in [0.29, 0.717) is 6.42 Å². The first kappa shape index (κ1) is 16.7. The van der Waals surface area contributed by atoms with Gasteiger partial charge < -0.3 is 15.2 Å². The number of benzene rings is 1. The van der Waals surface area contributed by atoms with Crippen molar-refractivity contribution in [2.75, 3.05) is 7.11 Å². The van der Waals surface area contributed by atoms with Gasteiger partial charge in [-0.25, -0.2) is 9.59 Å². The Morgan fingerprint density at radius 1 is 1.19 bits per heavy atom. The molecule has 1 amide bonds. The molecular formula is C15H19NO5. The summed E-state index contributed by atoms with van der Waals surface area (Å²) in [6, 6.07) is 5.04. The molecule has 21 heavy (non-hydrogen) atoms. The lowest BCUT2D eigenvalue weighted by Gasteiger charge is -2.18. The molecular weight excluding hydrogens is 274 g/mol. The van der Waals surface area contributed by atoms with E-state index in [2.05, 4.69) is 10.1 Å². The molecule has 0 heterocycles. The second-order valence-corrected chi connectivity index (χ2v) is 5.03. The molecule has 1 aromatic carbocycles. The van der Waals surface area contributed by atoms with Crippen molar-refractivity contribution in [3.8, 4) is 0 Å². The molecule has 0 fully saturated rings. The van der Waals surface area contributed by atoms with Crippen LogP contribution < -0.4 is 5.32 Å². The summed E-state index contributed by atoms with van der Waals surface area (Å²) in [5.74, 6) is -2.18. The molecule has 1 atom stereocenters. The third kappa shape index (κ3) is 4.59. The molecule has 0 aromatic heterocycles. The highest BCUT2D eigenvalue weighted by molar-refractivity contribution is 6.05. The smallest absolute Gasteiger partial charge is 0.336 e. The van der Waals surface area contributed by atoms with Crippen LogP contribution in [-0.4, -0.2) is 36.1 Å². The van der Waals surface area contributed by atoms with Crippen LogP contribution >= 0.6 is 0 Å². The zero-order chi connectivity index (χ0) is 16.0. The summed E-state index contributed by atoms with van der Waals surface area (Å²) in [7, 11) is 1.24. The fourth-order valence-corrected chi connectivity index (χ4v) is 1.93. The van der Waals surface area contributed by atoms with Gasteiger partial charge in [-0.15, -0.1) is 0 Å². The molecule has 0 radical (unpaired) electrons. The molecule has 6 heteroatoms. The number of carboxylic acids is 1. The van der Waals surface area contributed by atoms with Gasteiger partial charge in [0.15, 0.2) is 0 Å². The monoisotopic (exact) mass is 293 g/mol. The van der Waals surface area contributed by atoms with Crippen molar-refractivity contribution in [1.82, 2.24) is 5.32 Å². The second kappa shape index (κ2) is 7.42. The van der Waals surface area contributed by atoms with Gasteiger partial charge in [-0.3, -0.25) is 4.79 Å². The van der Waals surface area contributed by atoms with Crippen LogP contribution in [0.25, 0.3) is 0 Å². The minimum absolute atomic E-state index is 0.0164. The maximum atomic E-state index is 12.2. The van der Waals surface area contributed by atoms with Gasteiger partial charge in [0.25, 0.3) is 5.91 Å². The Morgan fingerprint density at radius 3 is 2.24 bits per heavy atom. The highest BCUT2D eigenvalue weighted by atomic mass is 16.5. The lowest BCUT2D eigenvalue weighted by Crippen LogP contribution is -2.42. The van der Waals surface area contributed by atoms with Crippen molar-refractivity contribution in [3.05, 3.63) is 35.4 Å². The zero-order valence-corrected chi connectivity index (χ0v) is 12.3. The van der Waals surface area contributed by atoms with Crippen LogP contribution in [0.3, 0.4) is 0 Å². The zero-order valence-electron chi connectivity index (χ0n) is 12.3. The molecule has 0 spiro atoms. The number of carbonyl (C=O) groups excluding carboxylic acids is 2. The Labute approximate surface area is 123 Å². The average molecular weight is 293 g/mol. The SMILES string of the molecule is COC(=O)[C@H](CC(C)C)NC(=O)c1ccccc1C(=O)O. The predicted molar refractivity (Wildman–Crippen MR) is 76.1 cm³/mol. The summed E-state index contributed by atoms with van der Waals surface area (Å²) in [5.41, 5.74) is -0.0918. The Morgan fingerprint density at radius 2 is 1.76 bits per heavy atom. The van der Waals surface area contributed by atoms with Gasteiger partial charge in [0.05, 0.1) is 18.2 Å². The van der Waals surface area contributed by atoms with Gasteiger partial charge in [-0.2, -0.15) is 0 Å². The van der Waals surface area contributed by atoms with Crippen LogP contribution in [0.1, 0.15) is 41.0 Å². The van der Waals surface area contributed by atoms with Crippen LogP contribution in [0.5, 0.6) is 0 Å². The highest BCUT2D eigenvalue weighted by Gasteiger charge is 2.25. The Balaban J connectivity index is 2.97. The molecule has 6 nitrogen and oxygen atoms in total. The number of esters is 1. The van der Waals surface area contributed by atoms with Crippen molar-refractivity contribution in [1.29, 1.82) is 0 Å². The number of carboxylic acid groups (broad SMARTS) is 1. The van der Waals surface area contributed by atoms with Crippen LogP contribution in [-0.2, 0) is 9.53 Å². The fourth-order valence-electron chi connectivity index (χ4n) is 1.93. The van der Waals surface area contributed by atoms with E-state index in [9.17, 15) is 14.4 Å². The predicted octanol–water partition coefficient (Wildman–Crippen LogP) is 1.70. The maximum absolute atomic E-state index is 12.2. The first-order valence-electron chi connectivity index (χ1n) is 6.57. The lowest BCUT2D eigenvalue weighted by molar-refractivity contribution is -0.143. The lowest BCUT2D eigenvalue weighted by atomic mass is 10.0. The number of methoxy groups -OCH3 is 1. The van der Waals surface area contributed by atoms with Gasteiger partial charge in [0.2, 0.25) is 0 Å². The number of ether oxygens (including phenoxy) is 1. The maximum Gasteiger partial charge on any atom is 0.336 e.